The molecule has 104 valence electrons. The van der Waals surface area contributed by atoms with Crippen LogP contribution in [0.15, 0.2) is 53.3 Å². The highest BCUT2D eigenvalue weighted by Gasteiger charge is 2.12. The molecular formula is C15H9BrN2O3. The first-order valence-corrected chi connectivity index (χ1v) is 6.84. The minimum absolute atomic E-state index is 0.0633. The van der Waals surface area contributed by atoms with Gasteiger partial charge in [0, 0.05) is 16.1 Å². The Morgan fingerprint density at radius 1 is 1.19 bits per heavy atom. The summed E-state index contributed by atoms with van der Waals surface area (Å²) in [5, 5.41) is 10.6. The largest absolute Gasteiger partial charge is 0.477 e. The molecule has 0 aliphatic heterocycles. The Morgan fingerprint density at radius 2 is 2.00 bits per heavy atom. The molecule has 0 bridgehead atoms. The Hall–Kier alpha value is -2.47. The van der Waals surface area contributed by atoms with Crippen LogP contribution in [0.1, 0.15) is 10.5 Å². The average molecular weight is 345 g/mol. The summed E-state index contributed by atoms with van der Waals surface area (Å²) in [5.74, 6) is -0.382. The van der Waals surface area contributed by atoms with Crippen LogP contribution in [0.25, 0.3) is 10.8 Å². The SMILES string of the molecule is O=C(O)c1cc2ccccc2c(Oc2cncc(Br)c2)n1. The van der Waals surface area contributed by atoms with E-state index in [2.05, 4.69) is 25.9 Å². The van der Waals surface area contributed by atoms with Crippen LogP contribution in [-0.4, -0.2) is 21.0 Å². The molecule has 2 heterocycles. The first kappa shape index (κ1) is 13.5. The third-order valence-electron chi connectivity index (χ3n) is 2.82. The number of carboxylic acids is 1. The minimum Gasteiger partial charge on any atom is -0.477 e. The highest BCUT2D eigenvalue weighted by Crippen LogP contribution is 2.29. The summed E-state index contributed by atoms with van der Waals surface area (Å²) < 4.78 is 6.46. The molecule has 0 atom stereocenters. The third-order valence-corrected chi connectivity index (χ3v) is 3.25. The van der Waals surface area contributed by atoms with E-state index in [4.69, 9.17) is 9.84 Å². The Kier molecular flexibility index (Phi) is 3.53. The van der Waals surface area contributed by atoms with Crippen molar-refractivity contribution >= 4 is 32.7 Å². The number of fused-ring (bicyclic) bond motifs is 1. The maximum absolute atomic E-state index is 11.2. The third kappa shape index (κ3) is 2.85. The summed E-state index contributed by atoms with van der Waals surface area (Å²) in [7, 11) is 0. The van der Waals surface area contributed by atoms with Crippen molar-refractivity contribution < 1.29 is 14.6 Å². The number of pyridine rings is 2. The summed E-state index contributed by atoms with van der Waals surface area (Å²) in [4.78, 5) is 19.2. The van der Waals surface area contributed by atoms with Gasteiger partial charge in [-0.3, -0.25) is 4.98 Å². The zero-order valence-electron chi connectivity index (χ0n) is 10.7. The fourth-order valence-electron chi connectivity index (χ4n) is 1.91. The van der Waals surface area contributed by atoms with Crippen molar-refractivity contribution in [3.05, 3.63) is 59.0 Å². The minimum atomic E-state index is -1.10. The number of hydrogen-bond acceptors (Lipinski definition) is 4. The van der Waals surface area contributed by atoms with E-state index in [1.807, 2.05) is 24.3 Å². The summed E-state index contributed by atoms with van der Waals surface area (Å²) in [6.07, 6.45) is 3.17. The standard InChI is InChI=1S/C15H9BrN2O3/c16-10-6-11(8-17-7-10)21-14-12-4-2-1-3-9(12)5-13(18-14)15(19)20/h1-8H,(H,19,20). The van der Waals surface area contributed by atoms with Gasteiger partial charge in [-0.05, 0) is 39.5 Å². The smallest absolute Gasteiger partial charge is 0.354 e. The van der Waals surface area contributed by atoms with Crippen molar-refractivity contribution in [3.8, 4) is 11.6 Å². The Balaban J connectivity index is 2.13. The Morgan fingerprint density at radius 3 is 2.76 bits per heavy atom. The van der Waals surface area contributed by atoms with Gasteiger partial charge < -0.3 is 9.84 Å². The van der Waals surface area contributed by atoms with Crippen LogP contribution in [0.3, 0.4) is 0 Å². The maximum atomic E-state index is 11.2. The summed E-state index contributed by atoms with van der Waals surface area (Å²) in [6, 6.07) is 10.6. The second-order valence-electron chi connectivity index (χ2n) is 4.28. The van der Waals surface area contributed by atoms with Crippen molar-refractivity contribution in [2.75, 3.05) is 0 Å². The van der Waals surface area contributed by atoms with Crippen LogP contribution in [0, 0.1) is 0 Å². The van der Waals surface area contributed by atoms with E-state index < -0.39 is 5.97 Å². The van der Waals surface area contributed by atoms with Crippen molar-refractivity contribution in [1.29, 1.82) is 0 Å². The average Bonchev–Trinajstić information content (AvgIpc) is 2.47. The molecule has 1 aromatic carbocycles. The van der Waals surface area contributed by atoms with Gasteiger partial charge in [-0.2, -0.15) is 0 Å². The Labute approximate surface area is 128 Å². The Bertz CT molecular complexity index is 836. The number of aromatic nitrogens is 2. The van der Waals surface area contributed by atoms with E-state index in [-0.39, 0.29) is 11.6 Å². The normalized spacial score (nSPS) is 10.5. The molecule has 0 saturated carbocycles. The van der Waals surface area contributed by atoms with Crippen molar-refractivity contribution in [1.82, 2.24) is 9.97 Å². The van der Waals surface area contributed by atoms with Gasteiger partial charge in [0.25, 0.3) is 0 Å². The molecule has 0 aliphatic rings. The van der Waals surface area contributed by atoms with E-state index >= 15 is 0 Å². The molecule has 0 spiro atoms. The van der Waals surface area contributed by atoms with E-state index in [1.165, 1.54) is 12.3 Å². The number of rotatable bonds is 3. The molecule has 0 aliphatic carbocycles. The molecule has 5 nitrogen and oxygen atoms in total. The van der Waals surface area contributed by atoms with Crippen LogP contribution in [-0.2, 0) is 0 Å². The number of nitrogens with zero attached hydrogens (tertiary/aromatic N) is 2. The predicted octanol–water partition coefficient (Wildman–Crippen LogP) is 3.88. The molecule has 0 unspecified atom stereocenters. The number of ether oxygens (including phenoxy) is 1. The number of hydrogen-bond donors (Lipinski definition) is 1. The lowest BCUT2D eigenvalue weighted by Gasteiger charge is -2.09. The molecule has 0 saturated heterocycles. The van der Waals surface area contributed by atoms with E-state index in [0.717, 1.165) is 15.2 Å². The van der Waals surface area contributed by atoms with Crippen LogP contribution in [0.5, 0.6) is 11.6 Å². The van der Waals surface area contributed by atoms with E-state index in [9.17, 15) is 4.79 Å². The quantitative estimate of drug-likeness (QED) is 0.780. The highest BCUT2D eigenvalue weighted by molar-refractivity contribution is 9.10. The molecule has 3 aromatic rings. The molecule has 1 N–H and O–H groups in total. The molecule has 3 rings (SSSR count). The second kappa shape index (κ2) is 5.49. The monoisotopic (exact) mass is 344 g/mol. The van der Waals surface area contributed by atoms with Gasteiger partial charge in [-0.25, -0.2) is 9.78 Å². The van der Waals surface area contributed by atoms with Gasteiger partial charge in [-0.15, -0.1) is 0 Å². The van der Waals surface area contributed by atoms with Gasteiger partial charge in [-0.1, -0.05) is 18.2 Å². The summed E-state index contributed by atoms with van der Waals surface area (Å²) in [5.41, 5.74) is -0.0633. The number of carbonyl (C=O) groups is 1. The number of carboxylic acid groups (broad SMARTS) is 1. The van der Waals surface area contributed by atoms with Gasteiger partial charge in [0.1, 0.15) is 5.75 Å². The van der Waals surface area contributed by atoms with Crippen LogP contribution in [0.2, 0.25) is 0 Å². The summed E-state index contributed by atoms with van der Waals surface area (Å²) in [6.45, 7) is 0. The van der Waals surface area contributed by atoms with Crippen LogP contribution in [0.4, 0.5) is 0 Å². The first-order chi connectivity index (χ1) is 10.1. The first-order valence-electron chi connectivity index (χ1n) is 6.05. The lowest BCUT2D eigenvalue weighted by atomic mass is 10.1. The fraction of sp³-hybridized carbons (Fsp3) is 0. The van der Waals surface area contributed by atoms with Crippen LogP contribution >= 0.6 is 15.9 Å². The van der Waals surface area contributed by atoms with E-state index in [1.54, 1.807) is 12.3 Å². The highest BCUT2D eigenvalue weighted by atomic mass is 79.9. The lowest BCUT2D eigenvalue weighted by Crippen LogP contribution is -2.02. The van der Waals surface area contributed by atoms with E-state index in [0.29, 0.717) is 5.75 Å². The molecule has 0 fully saturated rings. The van der Waals surface area contributed by atoms with Crippen molar-refractivity contribution in [3.63, 3.8) is 0 Å². The fourth-order valence-corrected chi connectivity index (χ4v) is 2.26. The molecular weight excluding hydrogens is 336 g/mol. The number of aromatic carboxylic acids is 1. The van der Waals surface area contributed by atoms with Crippen molar-refractivity contribution in [2.24, 2.45) is 0 Å². The molecule has 21 heavy (non-hydrogen) atoms. The molecule has 0 amide bonds. The number of halogens is 1. The molecule has 2 aromatic heterocycles. The topological polar surface area (TPSA) is 72.3 Å². The van der Waals surface area contributed by atoms with Gasteiger partial charge >= 0.3 is 5.97 Å². The summed E-state index contributed by atoms with van der Waals surface area (Å²) >= 11 is 3.31. The molecule has 0 radical (unpaired) electrons. The zero-order chi connectivity index (χ0) is 14.8. The molecule has 6 heteroatoms. The zero-order valence-corrected chi connectivity index (χ0v) is 12.2. The van der Waals surface area contributed by atoms with Crippen molar-refractivity contribution in [2.45, 2.75) is 0 Å². The number of benzene rings is 1. The second-order valence-corrected chi connectivity index (χ2v) is 5.20. The maximum Gasteiger partial charge on any atom is 0.354 e. The van der Waals surface area contributed by atoms with Gasteiger partial charge in [0.15, 0.2) is 5.69 Å². The predicted molar refractivity (Wildman–Crippen MR) is 80.7 cm³/mol. The lowest BCUT2D eigenvalue weighted by molar-refractivity contribution is 0.0690. The van der Waals surface area contributed by atoms with Gasteiger partial charge in [0.2, 0.25) is 5.88 Å². The van der Waals surface area contributed by atoms with Gasteiger partial charge in [0.05, 0.1) is 6.20 Å². The van der Waals surface area contributed by atoms with Crippen LogP contribution < -0.4 is 4.74 Å².